The number of rotatable bonds is 3. The van der Waals surface area contributed by atoms with Crippen LogP contribution in [0, 0.1) is 13.0 Å². The van der Waals surface area contributed by atoms with Gasteiger partial charge in [0.05, 0.1) is 12.3 Å². The molecule has 5 aromatic rings. The molecule has 0 saturated carbocycles. The molecule has 34 heavy (non-hydrogen) atoms. The lowest BCUT2D eigenvalue weighted by Crippen LogP contribution is -2.17. The van der Waals surface area contributed by atoms with Gasteiger partial charge in [-0.15, -0.1) is 12.1 Å². The van der Waals surface area contributed by atoms with Gasteiger partial charge in [-0.3, -0.25) is 8.99 Å². The van der Waals surface area contributed by atoms with Gasteiger partial charge in [-0.05, 0) is 34.1 Å². The van der Waals surface area contributed by atoms with Crippen molar-refractivity contribution >= 4 is 34.2 Å². The average Bonchev–Trinajstić information content (AvgIpc) is 3.24. The Hall–Kier alpha value is -4.30. The van der Waals surface area contributed by atoms with Gasteiger partial charge in [-0.25, -0.2) is 0 Å². The molecule has 0 radical (unpaired) electrons. The first-order valence-electron chi connectivity index (χ1n) is 11.5. The van der Waals surface area contributed by atoms with E-state index < -0.39 is 0 Å². The summed E-state index contributed by atoms with van der Waals surface area (Å²) in [6.07, 6.45) is 4.34. The Bertz CT molecular complexity index is 1620. The lowest BCUT2D eigenvalue weighted by Gasteiger charge is -2.23. The topological polar surface area (TPSA) is 14.3 Å². The Balaban J connectivity index is 1.49. The van der Waals surface area contributed by atoms with Gasteiger partial charge in [0.15, 0.2) is 6.04 Å². The fraction of sp³-hybridized carbons (Fsp3) is 0.0625. The molecule has 0 amide bonds. The van der Waals surface area contributed by atoms with E-state index in [2.05, 4.69) is 112 Å². The van der Waals surface area contributed by atoms with Crippen LogP contribution < -0.4 is 0 Å². The molecule has 4 aromatic carbocycles. The van der Waals surface area contributed by atoms with Crippen LogP contribution in [0.1, 0.15) is 23.6 Å². The molecular weight excluding hydrogens is 414 g/mol. The molecule has 2 nitrogen and oxygen atoms in total. The second-order valence-corrected chi connectivity index (χ2v) is 8.90. The van der Waals surface area contributed by atoms with E-state index in [1.54, 1.807) is 0 Å². The van der Waals surface area contributed by atoms with Crippen LogP contribution in [0.15, 0.2) is 113 Å². The van der Waals surface area contributed by atoms with Crippen molar-refractivity contribution in [2.75, 3.05) is 0 Å². The number of hydrogen-bond donors (Lipinski definition) is 0. The minimum atomic E-state index is 0.899. The van der Waals surface area contributed by atoms with Crippen molar-refractivity contribution in [3.8, 4) is 11.1 Å². The standard InChI is InChI=1S/C32H25NO/c1-21-14-16-27-26-17-15-25(23-10-6-4-7-11-23)19-30(26)34-32(27)31(21)29-18-22(2)28(20-33(29)3)24-12-8-5-9-13-24/h4-20H,3H2,1-2H3. The number of allylic oxidation sites excluding steroid dienone is 2. The predicted octanol–water partition coefficient (Wildman–Crippen LogP) is 8.16. The summed E-state index contributed by atoms with van der Waals surface area (Å²) < 4.78 is 8.52. The van der Waals surface area contributed by atoms with Crippen molar-refractivity contribution in [1.29, 1.82) is 0 Å². The van der Waals surface area contributed by atoms with Gasteiger partial charge in [-0.1, -0.05) is 109 Å². The maximum atomic E-state index is 6.55. The smallest absolute Gasteiger partial charge is 0.279 e. The fourth-order valence-electron chi connectivity index (χ4n) is 4.90. The highest BCUT2D eigenvalue weighted by Crippen LogP contribution is 2.40. The Morgan fingerprint density at radius 3 is 2.21 bits per heavy atom. The zero-order chi connectivity index (χ0) is 23.2. The van der Waals surface area contributed by atoms with Gasteiger partial charge in [0.2, 0.25) is 0 Å². The predicted molar refractivity (Wildman–Crippen MR) is 142 cm³/mol. The van der Waals surface area contributed by atoms with E-state index in [1.165, 1.54) is 27.8 Å². The van der Waals surface area contributed by atoms with E-state index in [4.69, 9.17) is 4.42 Å². The van der Waals surface area contributed by atoms with Gasteiger partial charge in [0, 0.05) is 0 Å². The summed E-state index contributed by atoms with van der Waals surface area (Å²) in [6, 6.07) is 32.8. The molecule has 0 unspecified atom stereocenters. The first-order valence-corrected chi connectivity index (χ1v) is 11.5. The van der Waals surface area contributed by atoms with Gasteiger partial charge in [0.1, 0.15) is 6.20 Å². The summed E-state index contributed by atoms with van der Waals surface area (Å²) in [5.41, 5.74) is 9.98. The molecule has 0 fully saturated rings. The summed E-state index contributed by atoms with van der Waals surface area (Å²) >= 11 is 0. The lowest BCUT2D eigenvalue weighted by atomic mass is 9.90. The third-order valence-corrected chi connectivity index (χ3v) is 6.67. The van der Waals surface area contributed by atoms with Crippen molar-refractivity contribution in [3.63, 3.8) is 0 Å². The SMILES string of the molecule is C=[N+]1C=C(c2ccccc2)C(C)=C[C-]1c1c(C)ccc2c1[o+][c-]1cc(-c3ccccc3)ccc21. The van der Waals surface area contributed by atoms with Crippen LogP contribution in [0.4, 0.5) is 0 Å². The number of hydrogen-bond acceptors (Lipinski definition) is 0. The van der Waals surface area contributed by atoms with E-state index in [-0.39, 0.29) is 0 Å². The van der Waals surface area contributed by atoms with E-state index in [9.17, 15) is 0 Å². The number of nitrogens with zero attached hydrogens (tertiary/aromatic N) is 1. The third-order valence-electron chi connectivity index (χ3n) is 6.67. The number of benzene rings is 4. The van der Waals surface area contributed by atoms with Crippen molar-refractivity contribution in [1.82, 2.24) is 0 Å². The maximum Gasteiger partial charge on any atom is 0.279 e. The molecule has 0 N–H and O–H groups in total. The zero-order valence-electron chi connectivity index (χ0n) is 19.4. The molecule has 0 bridgehead atoms. The van der Waals surface area contributed by atoms with Crippen molar-refractivity contribution in [2.45, 2.75) is 13.8 Å². The molecule has 0 aliphatic carbocycles. The summed E-state index contributed by atoms with van der Waals surface area (Å²) in [5.74, 6) is 0. The average molecular weight is 440 g/mol. The summed E-state index contributed by atoms with van der Waals surface area (Å²) in [6.45, 7) is 8.65. The number of fused-ring (bicyclic) bond motifs is 3. The molecule has 1 aliphatic rings. The normalized spacial score (nSPS) is 13.9. The van der Waals surface area contributed by atoms with E-state index in [1.807, 2.05) is 16.7 Å². The van der Waals surface area contributed by atoms with E-state index in [0.717, 1.165) is 39.1 Å². The van der Waals surface area contributed by atoms with Crippen LogP contribution in [-0.4, -0.2) is 11.3 Å². The lowest BCUT2D eigenvalue weighted by molar-refractivity contribution is -0.416. The van der Waals surface area contributed by atoms with Crippen LogP contribution in [0.3, 0.4) is 0 Å². The first kappa shape index (κ1) is 20.3. The monoisotopic (exact) mass is 439 g/mol. The Morgan fingerprint density at radius 1 is 0.765 bits per heavy atom. The largest absolute Gasteiger partial charge is 0.286 e. The van der Waals surface area contributed by atoms with Crippen LogP contribution in [-0.2, 0) is 0 Å². The highest BCUT2D eigenvalue weighted by atomic mass is 16.3. The summed E-state index contributed by atoms with van der Waals surface area (Å²) in [5, 5.41) is 2.25. The second kappa shape index (κ2) is 7.93. The second-order valence-electron chi connectivity index (χ2n) is 8.90. The Kier molecular flexibility index (Phi) is 4.74. The van der Waals surface area contributed by atoms with Crippen LogP contribution in [0.25, 0.3) is 38.6 Å². The van der Waals surface area contributed by atoms with Gasteiger partial charge in [0.25, 0.3) is 11.2 Å². The number of aryl methyl sites for hydroxylation is 1. The minimum Gasteiger partial charge on any atom is -0.286 e. The molecule has 1 aliphatic heterocycles. The molecule has 164 valence electrons. The Labute approximate surface area is 199 Å². The van der Waals surface area contributed by atoms with Gasteiger partial charge in [-0.2, -0.15) is 0 Å². The fourth-order valence-corrected chi connectivity index (χ4v) is 4.90. The van der Waals surface area contributed by atoms with Crippen LogP contribution in [0.2, 0.25) is 0 Å². The molecule has 2 heteroatoms. The van der Waals surface area contributed by atoms with E-state index >= 15 is 0 Å². The highest BCUT2D eigenvalue weighted by molar-refractivity contribution is 6.07. The summed E-state index contributed by atoms with van der Waals surface area (Å²) in [7, 11) is 0. The minimum absolute atomic E-state index is 0.899. The van der Waals surface area contributed by atoms with Crippen LogP contribution in [0.5, 0.6) is 0 Å². The molecule has 2 heterocycles. The molecule has 0 atom stereocenters. The van der Waals surface area contributed by atoms with Gasteiger partial charge < -0.3 is 0 Å². The Morgan fingerprint density at radius 2 is 1.47 bits per heavy atom. The maximum absolute atomic E-state index is 6.55. The quantitative estimate of drug-likeness (QED) is 0.157. The first-order chi connectivity index (χ1) is 16.6. The van der Waals surface area contributed by atoms with Crippen LogP contribution >= 0.6 is 0 Å². The zero-order valence-corrected chi connectivity index (χ0v) is 19.4. The van der Waals surface area contributed by atoms with Crippen molar-refractivity contribution in [2.24, 2.45) is 0 Å². The molecule has 0 saturated heterocycles. The van der Waals surface area contributed by atoms with E-state index in [0.29, 0.717) is 0 Å². The highest BCUT2D eigenvalue weighted by Gasteiger charge is 2.28. The third kappa shape index (κ3) is 3.27. The van der Waals surface area contributed by atoms with Gasteiger partial charge >= 0.3 is 0 Å². The molecule has 1 aromatic heterocycles. The number of furan rings is 1. The molecular formula is C32H25NO. The van der Waals surface area contributed by atoms with Crippen molar-refractivity contribution < 1.29 is 8.99 Å². The van der Waals surface area contributed by atoms with Crippen molar-refractivity contribution in [3.05, 3.63) is 132 Å². The summed E-state index contributed by atoms with van der Waals surface area (Å²) in [4.78, 5) is 0. The molecule has 0 spiro atoms. The molecule has 6 rings (SSSR count).